The summed E-state index contributed by atoms with van der Waals surface area (Å²) in [6.07, 6.45) is 3.40. The van der Waals surface area contributed by atoms with Crippen molar-refractivity contribution in [3.63, 3.8) is 0 Å². The van der Waals surface area contributed by atoms with Crippen molar-refractivity contribution in [2.75, 3.05) is 18.5 Å². The van der Waals surface area contributed by atoms with Crippen molar-refractivity contribution < 1.29 is 14.3 Å². The average molecular weight is 297 g/mol. The number of allylic oxidation sites excluding steroid dienone is 1. The van der Waals surface area contributed by atoms with Crippen LogP contribution in [0.2, 0.25) is 0 Å². The van der Waals surface area contributed by atoms with E-state index in [2.05, 4.69) is 30.1 Å². The zero-order valence-corrected chi connectivity index (χ0v) is 12.8. The molecule has 1 N–H and O–H groups in total. The van der Waals surface area contributed by atoms with Crippen molar-refractivity contribution in [1.29, 1.82) is 0 Å². The predicted molar refractivity (Wildman–Crippen MR) is 87.0 cm³/mol. The number of anilines is 1. The Kier molecular flexibility index (Phi) is 3.75. The van der Waals surface area contributed by atoms with Gasteiger partial charge >= 0.3 is 5.97 Å². The van der Waals surface area contributed by atoms with Crippen LogP contribution in [0.3, 0.4) is 0 Å². The van der Waals surface area contributed by atoms with E-state index in [0.29, 0.717) is 11.3 Å². The van der Waals surface area contributed by atoms with Gasteiger partial charge in [-0.15, -0.1) is 0 Å². The van der Waals surface area contributed by atoms with Crippen LogP contribution in [0.5, 0.6) is 0 Å². The maximum absolute atomic E-state index is 10.7. The molecule has 0 atom stereocenters. The van der Waals surface area contributed by atoms with Gasteiger partial charge in [-0.2, -0.15) is 0 Å². The third-order valence-corrected chi connectivity index (χ3v) is 4.05. The van der Waals surface area contributed by atoms with Crippen molar-refractivity contribution >= 4 is 17.2 Å². The van der Waals surface area contributed by atoms with Crippen LogP contribution in [-0.4, -0.2) is 24.7 Å². The van der Waals surface area contributed by atoms with Crippen LogP contribution >= 0.6 is 0 Å². The van der Waals surface area contributed by atoms with E-state index < -0.39 is 5.97 Å². The molecule has 2 heterocycles. The molecule has 3 rings (SSSR count). The SMILES string of the molecule is C/C(=C\C(=O)O)c1ccc(-c2ccc3c(c2)CCCN3C)o1. The first-order chi connectivity index (χ1) is 10.5. The lowest BCUT2D eigenvalue weighted by molar-refractivity contribution is -0.131. The van der Waals surface area contributed by atoms with Gasteiger partial charge in [0.15, 0.2) is 0 Å². The third kappa shape index (κ3) is 2.77. The molecule has 1 aliphatic rings. The van der Waals surface area contributed by atoms with Gasteiger partial charge < -0.3 is 14.4 Å². The van der Waals surface area contributed by atoms with Crippen molar-refractivity contribution in [3.8, 4) is 11.3 Å². The fourth-order valence-electron chi connectivity index (χ4n) is 2.90. The number of carbonyl (C=O) groups is 1. The van der Waals surface area contributed by atoms with Crippen LogP contribution in [0.4, 0.5) is 5.69 Å². The Morgan fingerprint density at radius 2 is 2.14 bits per heavy atom. The number of furan rings is 1. The number of carboxylic acids is 1. The van der Waals surface area contributed by atoms with Crippen LogP contribution in [-0.2, 0) is 11.2 Å². The van der Waals surface area contributed by atoms with E-state index in [0.717, 1.165) is 36.8 Å². The quantitative estimate of drug-likeness (QED) is 0.875. The summed E-state index contributed by atoms with van der Waals surface area (Å²) in [6.45, 7) is 2.83. The molecule has 0 saturated carbocycles. The third-order valence-electron chi connectivity index (χ3n) is 4.05. The number of nitrogens with zero attached hydrogens (tertiary/aromatic N) is 1. The highest BCUT2D eigenvalue weighted by Gasteiger charge is 2.15. The smallest absolute Gasteiger partial charge is 0.328 e. The minimum atomic E-state index is -0.965. The van der Waals surface area contributed by atoms with E-state index in [9.17, 15) is 4.79 Å². The van der Waals surface area contributed by atoms with E-state index in [1.165, 1.54) is 11.3 Å². The summed E-state index contributed by atoms with van der Waals surface area (Å²) >= 11 is 0. The summed E-state index contributed by atoms with van der Waals surface area (Å²) in [5.41, 5.74) is 4.26. The first kappa shape index (κ1) is 14.4. The molecule has 22 heavy (non-hydrogen) atoms. The molecule has 0 fully saturated rings. The number of benzene rings is 1. The van der Waals surface area contributed by atoms with Gasteiger partial charge in [0.25, 0.3) is 0 Å². The summed E-state index contributed by atoms with van der Waals surface area (Å²) in [6, 6.07) is 10.1. The molecule has 0 aliphatic carbocycles. The molecular weight excluding hydrogens is 278 g/mol. The second kappa shape index (κ2) is 5.72. The predicted octanol–water partition coefficient (Wildman–Crippen LogP) is 3.82. The Balaban J connectivity index is 1.92. The van der Waals surface area contributed by atoms with Crippen molar-refractivity contribution in [1.82, 2.24) is 0 Å². The highest BCUT2D eigenvalue weighted by Crippen LogP contribution is 2.32. The molecule has 0 radical (unpaired) electrons. The summed E-state index contributed by atoms with van der Waals surface area (Å²) in [5.74, 6) is 0.392. The van der Waals surface area contributed by atoms with Crippen molar-refractivity contribution in [2.24, 2.45) is 0 Å². The number of fused-ring (bicyclic) bond motifs is 1. The monoisotopic (exact) mass is 297 g/mol. The maximum Gasteiger partial charge on any atom is 0.328 e. The topological polar surface area (TPSA) is 53.7 Å². The Bertz CT molecular complexity index is 743. The lowest BCUT2D eigenvalue weighted by Gasteiger charge is -2.27. The zero-order chi connectivity index (χ0) is 15.7. The number of hydrogen-bond donors (Lipinski definition) is 1. The lowest BCUT2D eigenvalue weighted by atomic mass is 9.99. The standard InChI is InChI=1S/C18H19NO3/c1-12(10-18(20)21)16-7-8-17(22-16)14-5-6-15-13(11-14)4-3-9-19(15)2/h5-8,10-11H,3-4,9H2,1-2H3,(H,20,21)/b12-10+. The van der Waals surface area contributed by atoms with E-state index in [-0.39, 0.29) is 0 Å². The largest absolute Gasteiger partial charge is 0.478 e. The molecule has 0 amide bonds. The van der Waals surface area contributed by atoms with Gasteiger partial charge in [0.05, 0.1) is 0 Å². The van der Waals surface area contributed by atoms with Crippen LogP contribution in [0, 0.1) is 0 Å². The lowest BCUT2D eigenvalue weighted by Crippen LogP contribution is -2.24. The van der Waals surface area contributed by atoms with Gasteiger partial charge in [-0.25, -0.2) is 4.79 Å². The molecular formula is C18H19NO3. The van der Waals surface area contributed by atoms with Crippen LogP contribution in [0.1, 0.15) is 24.7 Å². The summed E-state index contributed by atoms with van der Waals surface area (Å²) in [7, 11) is 2.11. The van der Waals surface area contributed by atoms with Crippen LogP contribution < -0.4 is 4.90 Å². The van der Waals surface area contributed by atoms with Gasteiger partial charge in [-0.3, -0.25) is 0 Å². The molecule has 0 bridgehead atoms. The highest BCUT2D eigenvalue weighted by molar-refractivity contribution is 5.88. The molecule has 1 aliphatic heterocycles. The Hall–Kier alpha value is -2.49. The molecule has 0 spiro atoms. The van der Waals surface area contributed by atoms with Crippen LogP contribution in [0.15, 0.2) is 40.8 Å². The first-order valence-electron chi connectivity index (χ1n) is 7.40. The first-order valence-corrected chi connectivity index (χ1v) is 7.40. The van der Waals surface area contributed by atoms with E-state index in [4.69, 9.17) is 9.52 Å². The summed E-state index contributed by atoms with van der Waals surface area (Å²) in [5, 5.41) is 8.80. The summed E-state index contributed by atoms with van der Waals surface area (Å²) in [4.78, 5) is 13.0. The number of aliphatic carboxylic acids is 1. The maximum atomic E-state index is 10.7. The minimum Gasteiger partial charge on any atom is -0.478 e. The van der Waals surface area contributed by atoms with E-state index >= 15 is 0 Å². The Labute approximate surface area is 129 Å². The molecule has 4 nitrogen and oxygen atoms in total. The fourth-order valence-corrected chi connectivity index (χ4v) is 2.90. The molecule has 0 unspecified atom stereocenters. The van der Waals surface area contributed by atoms with Crippen LogP contribution in [0.25, 0.3) is 16.9 Å². The van der Waals surface area contributed by atoms with Crippen molar-refractivity contribution in [3.05, 3.63) is 47.7 Å². The molecule has 0 saturated heterocycles. The molecule has 114 valence electrons. The average Bonchev–Trinajstić information content (AvgIpc) is 2.96. The van der Waals surface area contributed by atoms with Gasteiger partial charge in [0, 0.05) is 30.9 Å². The second-order valence-corrected chi connectivity index (χ2v) is 5.70. The molecule has 1 aromatic carbocycles. The minimum absolute atomic E-state index is 0.590. The summed E-state index contributed by atoms with van der Waals surface area (Å²) < 4.78 is 5.81. The Morgan fingerprint density at radius 1 is 1.32 bits per heavy atom. The van der Waals surface area contributed by atoms with Gasteiger partial charge in [0.2, 0.25) is 0 Å². The Morgan fingerprint density at radius 3 is 2.91 bits per heavy atom. The highest BCUT2D eigenvalue weighted by atomic mass is 16.4. The molecule has 2 aromatic rings. The zero-order valence-electron chi connectivity index (χ0n) is 12.8. The second-order valence-electron chi connectivity index (χ2n) is 5.70. The number of aryl methyl sites for hydroxylation is 1. The van der Waals surface area contributed by atoms with Gasteiger partial charge in [-0.1, -0.05) is 0 Å². The number of hydrogen-bond acceptors (Lipinski definition) is 3. The molecule has 1 aromatic heterocycles. The fraction of sp³-hybridized carbons (Fsp3) is 0.278. The van der Waals surface area contributed by atoms with E-state index in [1.54, 1.807) is 6.92 Å². The van der Waals surface area contributed by atoms with Crippen molar-refractivity contribution in [2.45, 2.75) is 19.8 Å². The number of carboxylic acid groups (broad SMARTS) is 1. The molecule has 4 heteroatoms. The normalized spacial score (nSPS) is 14.8. The van der Waals surface area contributed by atoms with Gasteiger partial charge in [0.1, 0.15) is 11.5 Å². The van der Waals surface area contributed by atoms with Gasteiger partial charge in [-0.05, 0) is 61.2 Å². The van der Waals surface area contributed by atoms with E-state index in [1.807, 2.05) is 12.1 Å². The number of rotatable bonds is 3.